The summed E-state index contributed by atoms with van der Waals surface area (Å²) in [5.74, 6) is 0.345. The van der Waals surface area contributed by atoms with Crippen LogP contribution in [0.5, 0.6) is 0 Å². The van der Waals surface area contributed by atoms with Crippen LogP contribution in [0.3, 0.4) is 0 Å². The predicted molar refractivity (Wildman–Crippen MR) is 115 cm³/mol. The van der Waals surface area contributed by atoms with E-state index in [9.17, 15) is 4.79 Å². The van der Waals surface area contributed by atoms with E-state index in [-0.39, 0.29) is 11.8 Å². The zero-order valence-electron chi connectivity index (χ0n) is 16.7. The van der Waals surface area contributed by atoms with Crippen molar-refractivity contribution in [3.05, 3.63) is 90.3 Å². The Balaban J connectivity index is 1.35. The highest BCUT2D eigenvalue weighted by molar-refractivity contribution is 5.78. The Morgan fingerprint density at radius 2 is 1.45 bits per heavy atom. The average Bonchev–Trinajstić information content (AvgIpc) is 3.31. The molecule has 2 aromatic carbocycles. The topological polar surface area (TPSA) is 41.4 Å². The molecule has 0 saturated carbocycles. The van der Waals surface area contributed by atoms with Crippen LogP contribution in [0.25, 0.3) is 0 Å². The van der Waals surface area contributed by atoms with Gasteiger partial charge in [0.2, 0.25) is 5.91 Å². The molecular formula is C24H28N4O. The van der Waals surface area contributed by atoms with Crippen LogP contribution in [0.15, 0.2) is 79.1 Å². The summed E-state index contributed by atoms with van der Waals surface area (Å²) < 4.78 is 1.96. The molecule has 0 aliphatic carbocycles. The van der Waals surface area contributed by atoms with E-state index in [4.69, 9.17) is 0 Å². The lowest BCUT2D eigenvalue weighted by Crippen LogP contribution is -2.49. The zero-order chi connectivity index (χ0) is 19.9. The van der Waals surface area contributed by atoms with Crippen LogP contribution in [0.1, 0.15) is 23.5 Å². The van der Waals surface area contributed by atoms with E-state index in [1.54, 1.807) is 0 Å². The van der Waals surface area contributed by atoms with Crippen molar-refractivity contribution in [1.29, 1.82) is 0 Å². The van der Waals surface area contributed by atoms with Crippen molar-refractivity contribution in [2.24, 2.45) is 0 Å². The summed E-state index contributed by atoms with van der Waals surface area (Å²) in [5, 5.41) is 4.26. The van der Waals surface area contributed by atoms with Gasteiger partial charge in [-0.05, 0) is 17.2 Å². The number of piperazine rings is 1. The van der Waals surface area contributed by atoms with Crippen LogP contribution in [0.4, 0.5) is 0 Å². The van der Waals surface area contributed by atoms with Crippen molar-refractivity contribution in [2.75, 3.05) is 32.7 Å². The van der Waals surface area contributed by atoms with Crippen LogP contribution in [-0.2, 0) is 11.3 Å². The van der Waals surface area contributed by atoms with Crippen molar-refractivity contribution >= 4 is 5.91 Å². The molecular weight excluding hydrogens is 360 g/mol. The number of rotatable bonds is 7. The number of carbonyl (C=O) groups is 1. The molecule has 0 unspecified atom stereocenters. The van der Waals surface area contributed by atoms with Gasteiger partial charge in [-0.15, -0.1) is 0 Å². The largest absolute Gasteiger partial charge is 0.340 e. The highest BCUT2D eigenvalue weighted by Crippen LogP contribution is 2.28. The summed E-state index contributed by atoms with van der Waals surface area (Å²) in [6.45, 7) is 5.32. The molecule has 1 aliphatic heterocycles. The summed E-state index contributed by atoms with van der Waals surface area (Å²) in [6.07, 6.45) is 4.32. The standard InChI is InChI=1S/C24H28N4O/c29-24(27-17-14-26(15-18-27)16-19-28-13-7-12-25-28)20-23(21-8-3-1-4-9-21)22-10-5-2-6-11-22/h1-13,23H,14-20H2. The van der Waals surface area contributed by atoms with Crippen LogP contribution in [0, 0.1) is 0 Å². The van der Waals surface area contributed by atoms with Crippen molar-refractivity contribution in [2.45, 2.75) is 18.9 Å². The van der Waals surface area contributed by atoms with E-state index in [1.165, 1.54) is 11.1 Å². The molecule has 1 aliphatic rings. The van der Waals surface area contributed by atoms with Gasteiger partial charge in [0.15, 0.2) is 0 Å². The van der Waals surface area contributed by atoms with Gasteiger partial charge in [0.1, 0.15) is 0 Å². The second kappa shape index (κ2) is 9.52. The third kappa shape index (κ3) is 5.12. The lowest BCUT2D eigenvalue weighted by molar-refractivity contribution is -0.133. The molecule has 0 N–H and O–H groups in total. The first-order valence-electron chi connectivity index (χ1n) is 10.4. The minimum atomic E-state index is 0.0998. The summed E-state index contributed by atoms with van der Waals surface area (Å²) in [6, 6.07) is 22.7. The number of carbonyl (C=O) groups excluding carboxylic acids is 1. The Labute approximate surface area is 172 Å². The minimum Gasteiger partial charge on any atom is -0.340 e. The number of amides is 1. The lowest BCUT2D eigenvalue weighted by Gasteiger charge is -2.35. The highest BCUT2D eigenvalue weighted by atomic mass is 16.2. The highest BCUT2D eigenvalue weighted by Gasteiger charge is 2.25. The lowest BCUT2D eigenvalue weighted by atomic mass is 9.88. The van der Waals surface area contributed by atoms with Crippen LogP contribution < -0.4 is 0 Å². The summed E-state index contributed by atoms with van der Waals surface area (Å²) in [5.41, 5.74) is 2.40. The first-order valence-corrected chi connectivity index (χ1v) is 10.4. The second-order valence-corrected chi connectivity index (χ2v) is 7.57. The molecule has 29 heavy (non-hydrogen) atoms. The quantitative estimate of drug-likeness (QED) is 0.624. The SMILES string of the molecule is O=C(CC(c1ccccc1)c1ccccc1)N1CCN(CCn2cccn2)CC1. The van der Waals surface area contributed by atoms with Gasteiger partial charge in [-0.3, -0.25) is 14.4 Å². The molecule has 0 spiro atoms. The summed E-state index contributed by atoms with van der Waals surface area (Å²) >= 11 is 0. The van der Waals surface area contributed by atoms with Gasteiger partial charge >= 0.3 is 0 Å². The molecule has 0 radical (unpaired) electrons. The van der Waals surface area contributed by atoms with Crippen LogP contribution in [-0.4, -0.2) is 58.2 Å². The summed E-state index contributed by atoms with van der Waals surface area (Å²) in [7, 11) is 0. The van der Waals surface area contributed by atoms with E-state index in [0.717, 1.165) is 39.3 Å². The molecule has 150 valence electrons. The normalized spacial score (nSPS) is 15.0. The third-order valence-corrected chi connectivity index (χ3v) is 5.71. The third-order valence-electron chi connectivity index (χ3n) is 5.71. The van der Waals surface area contributed by atoms with E-state index < -0.39 is 0 Å². The minimum absolute atomic E-state index is 0.0998. The fraction of sp³-hybridized carbons (Fsp3) is 0.333. The van der Waals surface area contributed by atoms with Gasteiger partial charge in [-0.25, -0.2) is 0 Å². The fourth-order valence-electron chi connectivity index (χ4n) is 4.00. The molecule has 3 aromatic rings. The Hall–Kier alpha value is -2.92. The van der Waals surface area contributed by atoms with E-state index >= 15 is 0 Å². The molecule has 5 nitrogen and oxygen atoms in total. The number of hydrogen-bond donors (Lipinski definition) is 0. The Bertz CT molecular complexity index is 832. The molecule has 1 saturated heterocycles. The summed E-state index contributed by atoms with van der Waals surface area (Å²) in [4.78, 5) is 17.5. The van der Waals surface area contributed by atoms with Gasteiger partial charge in [-0.2, -0.15) is 5.10 Å². The van der Waals surface area contributed by atoms with Gasteiger partial charge in [0.25, 0.3) is 0 Å². The maximum absolute atomic E-state index is 13.1. The number of aromatic nitrogens is 2. The Kier molecular flexibility index (Phi) is 6.37. The molecule has 1 aromatic heterocycles. The van der Waals surface area contributed by atoms with Crippen molar-refractivity contribution in [3.63, 3.8) is 0 Å². The number of nitrogens with zero attached hydrogens (tertiary/aromatic N) is 4. The fourth-order valence-corrected chi connectivity index (χ4v) is 4.00. The smallest absolute Gasteiger partial charge is 0.223 e. The number of hydrogen-bond acceptors (Lipinski definition) is 3. The molecule has 2 heterocycles. The maximum Gasteiger partial charge on any atom is 0.223 e. The van der Waals surface area contributed by atoms with Gasteiger partial charge < -0.3 is 4.90 Å². The molecule has 1 fully saturated rings. The van der Waals surface area contributed by atoms with Crippen molar-refractivity contribution < 1.29 is 4.79 Å². The van der Waals surface area contributed by atoms with Gasteiger partial charge in [0, 0.05) is 57.5 Å². The van der Waals surface area contributed by atoms with Gasteiger partial charge in [0.05, 0.1) is 6.54 Å². The zero-order valence-corrected chi connectivity index (χ0v) is 16.7. The molecule has 1 amide bonds. The second-order valence-electron chi connectivity index (χ2n) is 7.57. The van der Waals surface area contributed by atoms with Crippen LogP contribution >= 0.6 is 0 Å². The number of benzene rings is 2. The van der Waals surface area contributed by atoms with Crippen LogP contribution in [0.2, 0.25) is 0 Å². The molecule has 0 bridgehead atoms. The first-order chi connectivity index (χ1) is 14.3. The van der Waals surface area contributed by atoms with Crippen molar-refractivity contribution in [3.8, 4) is 0 Å². The maximum atomic E-state index is 13.1. The van der Waals surface area contributed by atoms with Crippen molar-refractivity contribution in [1.82, 2.24) is 19.6 Å². The molecule has 4 rings (SSSR count). The average molecular weight is 389 g/mol. The Morgan fingerprint density at radius 3 is 2.00 bits per heavy atom. The predicted octanol–water partition coefficient (Wildman–Crippen LogP) is 3.25. The molecule has 0 atom stereocenters. The van der Waals surface area contributed by atoms with Gasteiger partial charge in [-0.1, -0.05) is 60.7 Å². The van der Waals surface area contributed by atoms with E-state index in [2.05, 4.69) is 34.3 Å². The first kappa shape index (κ1) is 19.4. The Morgan fingerprint density at radius 1 is 0.828 bits per heavy atom. The molecule has 5 heteroatoms. The van der Waals surface area contributed by atoms with E-state index in [1.807, 2.05) is 64.4 Å². The monoisotopic (exact) mass is 388 g/mol. The van der Waals surface area contributed by atoms with E-state index in [0.29, 0.717) is 6.42 Å².